The molecule has 1 aromatic rings. The van der Waals surface area contributed by atoms with Crippen LogP contribution in [0.15, 0.2) is 23.4 Å². The highest BCUT2D eigenvalue weighted by molar-refractivity contribution is 5.99. The Morgan fingerprint density at radius 2 is 2.21 bits per heavy atom. The molecule has 0 amide bonds. The van der Waals surface area contributed by atoms with Crippen LogP contribution in [0.1, 0.15) is 24.0 Å². The van der Waals surface area contributed by atoms with E-state index >= 15 is 0 Å². The number of nitrogens with zero attached hydrogens (tertiary/aromatic N) is 1. The Morgan fingerprint density at radius 3 is 2.89 bits per heavy atom. The van der Waals surface area contributed by atoms with Gasteiger partial charge in [-0.1, -0.05) is 17.3 Å². The van der Waals surface area contributed by atoms with Gasteiger partial charge in [0, 0.05) is 13.2 Å². The third-order valence-electron chi connectivity index (χ3n) is 3.40. The molecule has 1 aliphatic rings. The summed E-state index contributed by atoms with van der Waals surface area (Å²) in [5.74, 6) is 1.28. The Hall–Kier alpha value is -1.75. The highest BCUT2D eigenvalue weighted by Crippen LogP contribution is 2.25. The topological polar surface area (TPSA) is 77.1 Å². The van der Waals surface area contributed by atoms with Gasteiger partial charge in [0.2, 0.25) is 0 Å². The molecule has 0 atom stereocenters. The number of hydrogen-bond acceptors (Lipinski definition) is 4. The Balaban J connectivity index is 2.10. The third kappa shape index (κ3) is 3.38. The maximum atomic E-state index is 8.81. The highest BCUT2D eigenvalue weighted by Gasteiger charge is 2.17. The SMILES string of the molecule is Cc1cccc(/C(N)=N/O)c1OCC1CCOCC1. The monoisotopic (exact) mass is 264 g/mol. The molecule has 1 aliphatic heterocycles. The van der Waals surface area contributed by atoms with Crippen LogP contribution in [-0.2, 0) is 4.74 Å². The standard InChI is InChI=1S/C14H20N2O3/c1-10-3-2-4-12(14(15)16-17)13(10)19-9-11-5-7-18-8-6-11/h2-4,11,17H,5-9H2,1H3,(H2,15,16). The largest absolute Gasteiger partial charge is 0.492 e. The molecule has 0 unspecified atom stereocenters. The number of benzene rings is 1. The molecule has 104 valence electrons. The maximum Gasteiger partial charge on any atom is 0.173 e. The summed E-state index contributed by atoms with van der Waals surface area (Å²) in [4.78, 5) is 0. The Kier molecular flexibility index (Phi) is 4.63. The average Bonchev–Trinajstić information content (AvgIpc) is 2.46. The van der Waals surface area contributed by atoms with E-state index in [0.29, 0.717) is 23.8 Å². The fraction of sp³-hybridized carbons (Fsp3) is 0.500. The van der Waals surface area contributed by atoms with E-state index in [0.717, 1.165) is 31.6 Å². The fourth-order valence-electron chi connectivity index (χ4n) is 2.21. The molecule has 5 nitrogen and oxygen atoms in total. The van der Waals surface area contributed by atoms with Crippen molar-refractivity contribution in [3.63, 3.8) is 0 Å². The van der Waals surface area contributed by atoms with E-state index in [4.69, 9.17) is 20.4 Å². The van der Waals surface area contributed by atoms with Gasteiger partial charge in [0.15, 0.2) is 5.84 Å². The first kappa shape index (κ1) is 13.7. The van der Waals surface area contributed by atoms with Crippen molar-refractivity contribution in [1.29, 1.82) is 0 Å². The van der Waals surface area contributed by atoms with Crippen LogP contribution >= 0.6 is 0 Å². The average molecular weight is 264 g/mol. The Morgan fingerprint density at radius 1 is 1.47 bits per heavy atom. The van der Waals surface area contributed by atoms with E-state index in [2.05, 4.69) is 5.16 Å². The minimum absolute atomic E-state index is 0.0747. The van der Waals surface area contributed by atoms with Crippen LogP contribution < -0.4 is 10.5 Å². The molecule has 1 aromatic carbocycles. The van der Waals surface area contributed by atoms with E-state index in [1.54, 1.807) is 6.07 Å². The fourth-order valence-corrected chi connectivity index (χ4v) is 2.21. The van der Waals surface area contributed by atoms with Gasteiger partial charge in [0.05, 0.1) is 12.2 Å². The quantitative estimate of drug-likeness (QED) is 0.377. The molecular formula is C14H20N2O3. The van der Waals surface area contributed by atoms with Crippen molar-refractivity contribution >= 4 is 5.84 Å². The van der Waals surface area contributed by atoms with Crippen LogP contribution in [0.2, 0.25) is 0 Å². The van der Waals surface area contributed by atoms with Gasteiger partial charge in [-0.25, -0.2) is 0 Å². The molecule has 0 spiro atoms. The lowest BCUT2D eigenvalue weighted by Gasteiger charge is -2.23. The zero-order chi connectivity index (χ0) is 13.7. The summed E-state index contributed by atoms with van der Waals surface area (Å²) in [6, 6.07) is 5.61. The molecule has 2 rings (SSSR count). The molecule has 0 saturated carbocycles. The summed E-state index contributed by atoms with van der Waals surface area (Å²) in [6.07, 6.45) is 2.04. The van der Waals surface area contributed by atoms with Crippen LogP contribution in [0.4, 0.5) is 0 Å². The molecule has 1 saturated heterocycles. The second-order valence-electron chi connectivity index (χ2n) is 4.80. The van der Waals surface area contributed by atoms with Crippen molar-refractivity contribution in [2.45, 2.75) is 19.8 Å². The predicted molar refractivity (Wildman–Crippen MR) is 72.7 cm³/mol. The molecule has 0 aromatic heterocycles. The van der Waals surface area contributed by atoms with E-state index in [-0.39, 0.29) is 5.84 Å². The number of aryl methyl sites for hydroxylation is 1. The first-order valence-corrected chi connectivity index (χ1v) is 6.50. The lowest BCUT2D eigenvalue weighted by molar-refractivity contribution is 0.0496. The smallest absolute Gasteiger partial charge is 0.173 e. The van der Waals surface area contributed by atoms with Crippen molar-refractivity contribution in [3.05, 3.63) is 29.3 Å². The second kappa shape index (κ2) is 6.43. The second-order valence-corrected chi connectivity index (χ2v) is 4.80. The normalized spacial score (nSPS) is 17.4. The molecular weight excluding hydrogens is 244 g/mol. The Labute approximate surface area is 113 Å². The number of ether oxygens (including phenoxy) is 2. The van der Waals surface area contributed by atoms with Gasteiger partial charge >= 0.3 is 0 Å². The third-order valence-corrected chi connectivity index (χ3v) is 3.40. The number of hydrogen-bond donors (Lipinski definition) is 2. The van der Waals surface area contributed by atoms with Crippen LogP contribution in [0.25, 0.3) is 0 Å². The number of amidine groups is 1. The Bertz CT molecular complexity index is 454. The van der Waals surface area contributed by atoms with Crippen molar-refractivity contribution in [3.8, 4) is 5.75 Å². The van der Waals surface area contributed by atoms with E-state index in [9.17, 15) is 0 Å². The maximum absolute atomic E-state index is 8.81. The van der Waals surface area contributed by atoms with E-state index in [1.807, 2.05) is 19.1 Å². The van der Waals surface area contributed by atoms with Gasteiger partial charge in [-0.3, -0.25) is 0 Å². The molecule has 1 heterocycles. The molecule has 5 heteroatoms. The first-order chi connectivity index (χ1) is 9.22. The van der Waals surface area contributed by atoms with Crippen molar-refractivity contribution in [2.24, 2.45) is 16.8 Å². The van der Waals surface area contributed by atoms with Crippen LogP contribution in [0.3, 0.4) is 0 Å². The van der Waals surface area contributed by atoms with Crippen LogP contribution in [0.5, 0.6) is 5.75 Å². The lowest BCUT2D eigenvalue weighted by Crippen LogP contribution is -2.23. The minimum Gasteiger partial charge on any atom is -0.492 e. The number of rotatable bonds is 4. The van der Waals surface area contributed by atoms with Gasteiger partial charge in [-0.05, 0) is 37.3 Å². The summed E-state index contributed by atoms with van der Waals surface area (Å²) in [5, 5.41) is 11.9. The number of oxime groups is 1. The zero-order valence-electron chi connectivity index (χ0n) is 11.1. The van der Waals surface area contributed by atoms with Gasteiger partial charge in [-0.2, -0.15) is 0 Å². The van der Waals surface area contributed by atoms with Gasteiger partial charge in [-0.15, -0.1) is 0 Å². The first-order valence-electron chi connectivity index (χ1n) is 6.50. The van der Waals surface area contributed by atoms with Gasteiger partial charge in [0.1, 0.15) is 5.75 Å². The lowest BCUT2D eigenvalue weighted by atomic mass is 10.0. The van der Waals surface area contributed by atoms with Crippen molar-refractivity contribution in [1.82, 2.24) is 0 Å². The molecule has 0 bridgehead atoms. The van der Waals surface area contributed by atoms with E-state index in [1.165, 1.54) is 0 Å². The number of nitrogens with two attached hydrogens (primary N) is 1. The highest BCUT2D eigenvalue weighted by atomic mass is 16.5. The van der Waals surface area contributed by atoms with E-state index < -0.39 is 0 Å². The summed E-state index contributed by atoms with van der Waals surface area (Å²) in [6.45, 7) is 4.19. The summed E-state index contributed by atoms with van der Waals surface area (Å²) >= 11 is 0. The molecule has 3 N–H and O–H groups in total. The molecule has 0 aliphatic carbocycles. The summed E-state index contributed by atoms with van der Waals surface area (Å²) in [7, 11) is 0. The van der Waals surface area contributed by atoms with Crippen molar-refractivity contribution in [2.75, 3.05) is 19.8 Å². The minimum atomic E-state index is 0.0747. The van der Waals surface area contributed by atoms with Crippen LogP contribution in [-0.4, -0.2) is 30.9 Å². The predicted octanol–water partition coefficient (Wildman–Crippen LogP) is 1.89. The molecule has 1 fully saturated rings. The van der Waals surface area contributed by atoms with Gasteiger partial charge in [0.25, 0.3) is 0 Å². The summed E-state index contributed by atoms with van der Waals surface area (Å²) < 4.78 is 11.2. The van der Waals surface area contributed by atoms with Gasteiger partial charge < -0.3 is 20.4 Å². The summed E-state index contributed by atoms with van der Waals surface area (Å²) in [5.41, 5.74) is 7.29. The van der Waals surface area contributed by atoms with Crippen molar-refractivity contribution < 1.29 is 14.7 Å². The zero-order valence-corrected chi connectivity index (χ0v) is 11.1. The molecule has 0 radical (unpaired) electrons. The number of para-hydroxylation sites is 1. The van der Waals surface area contributed by atoms with Crippen LogP contribution in [0, 0.1) is 12.8 Å². The molecule has 19 heavy (non-hydrogen) atoms.